The molecular weight excluding hydrogens is 460 g/mol. The molecule has 1 heterocycles. The van der Waals surface area contributed by atoms with Crippen LogP contribution < -0.4 is 15.6 Å². The maximum Gasteiger partial charge on any atom is 0.347 e. The Morgan fingerprint density at radius 1 is 1.00 bits per heavy atom. The second-order valence-corrected chi connectivity index (χ2v) is 7.23. The van der Waals surface area contributed by atoms with Crippen molar-refractivity contribution in [1.29, 1.82) is 0 Å². The van der Waals surface area contributed by atoms with E-state index >= 15 is 0 Å². The van der Waals surface area contributed by atoms with Crippen LogP contribution >= 0.6 is 11.6 Å². The van der Waals surface area contributed by atoms with Crippen LogP contribution in [0.4, 0.5) is 5.69 Å². The molecule has 178 valence electrons. The molecule has 0 amide bonds. The highest BCUT2D eigenvalue weighted by molar-refractivity contribution is 6.30. The summed E-state index contributed by atoms with van der Waals surface area (Å²) in [5.74, 6) is -1.10. The quantitative estimate of drug-likeness (QED) is 0.138. The zero-order valence-electron chi connectivity index (χ0n) is 18.8. The Balaban J connectivity index is 1.64. The van der Waals surface area contributed by atoms with E-state index in [9.17, 15) is 9.59 Å². The molecule has 2 N–H and O–H groups in total. The Morgan fingerprint density at radius 2 is 1.68 bits per heavy atom. The van der Waals surface area contributed by atoms with Gasteiger partial charge in [-0.2, -0.15) is 0 Å². The minimum absolute atomic E-state index is 0.136. The van der Waals surface area contributed by atoms with Crippen LogP contribution in [0.2, 0.25) is 5.02 Å². The molecule has 0 fully saturated rings. The van der Waals surface area contributed by atoms with Gasteiger partial charge in [-0.25, -0.2) is 14.3 Å². The van der Waals surface area contributed by atoms with E-state index in [0.29, 0.717) is 16.6 Å². The molecule has 10 heteroatoms. The minimum atomic E-state index is -0.775. The van der Waals surface area contributed by atoms with E-state index in [2.05, 4.69) is 16.0 Å². The first-order valence-electron chi connectivity index (χ1n) is 10.6. The van der Waals surface area contributed by atoms with Crippen molar-refractivity contribution in [2.45, 2.75) is 20.5 Å². The summed E-state index contributed by atoms with van der Waals surface area (Å²) in [7, 11) is 0. The largest absolute Gasteiger partial charge is 0.472 e. The number of para-hydroxylation sites is 1. The van der Waals surface area contributed by atoms with Gasteiger partial charge in [-0.05, 0) is 44.2 Å². The molecule has 0 bridgehead atoms. The van der Waals surface area contributed by atoms with Crippen molar-refractivity contribution < 1.29 is 23.8 Å². The molecule has 0 aliphatic carbocycles. The summed E-state index contributed by atoms with van der Waals surface area (Å²) in [5.41, 5.74) is 7.81. The highest BCUT2D eigenvalue weighted by Gasteiger charge is 2.20. The molecule has 3 aromatic rings. The van der Waals surface area contributed by atoms with Crippen molar-refractivity contribution in [2.24, 2.45) is 0 Å². The number of rotatable bonds is 11. The van der Waals surface area contributed by atoms with Gasteiger partial charge in [0.05, 0.1) is 24.6 Å². The monoisotopic (exact) mass is 484 g/mol. The van der Waals surface area contributed by atoms with E-state index < -0.39 is 11.9 Å². The van der Waals surface area contributed by atoms with Crippen molar-refractivity contribution >= 4 is 29.2 Å². The Bertz CT molecular complexity index is 1120. The van der Waals surface area contributed by atoms with Gasteiger partial charge in [-0.1, -0.05) is 29.8 Å². The summed E-state index contributed by atoms with van der Waals surface area (Å²) >= 11 is 5.93. The van der Waals surface area contributed by atoms with Gasteiger partial charge < -0.3 is 25.1 Å². The Hall–Kier alpha value is -3.98. The second kappa shape index (κ2) is 12.3. The number of benzene rings is 2. The third-order valence-corrected chi connectivity index (χ3v) is 4.71. The standard InChI is InChI=1S/C24H25ClN4O5/c1-3-32-23(30)20(24(31)33-4-2)15-26-27-21-8-6-5-7-17(21)16-34-22-13-14-29(28-22)19-11-9-18(25)10-12-19/h5-15,26-27H,3-4,16H2,1-2H3. The number of aromatic nitrogens is 2. The number of carbonyl (C=O) groups is 2. The number of hydrogen-bond acceptors (Lipinski definition) is 8. The molecule has 0 atom stereocenters. The molecule has 0 saturated heterocycles. The van der Waals surface area contributed by atoms with Crippen molar-refractivity contribution in [3.63, 3.8) is 0 Å². The van der Waals surface area contributed by atoms with Gasteiger partial charge in [0.2, 0.25) is 5.88 Å². The molecule has 9 nitrogen and oxygen atoms in total. The van der Waals surface area contributed by atoms with E-state index in [1.807, 2.05) is 36.4 Å². The van der Waals surface area contributed by atoms with E-state index in [1.54, 1.807) is 42.9 Å². The van der Waals surface area contributed by atoms with E-state index in [4.69, 9.17) is 25.8 Å². The zero-order chi connectivity index (χ0) is 24.3. The summed E-state index contributed by atoms with van der Waals surface area (Å²) < 4.78 is 17.4. The second-order valence-electron chi connectivity index (χ2n) is 6.79. The van der Waals surface area contributed by atoms with Gasteiger partial charge in [0.25, 0.3) is 0 Å². The van der Waals surface area contributed by atoms with Crippen LogP contribution in [0.1, 0.15) is 19.4 Å². The molecule has 0 unspecified atom stereocenters. The van der Waals surface area contributed by atoms with Gasteiger partial charge >= 0.3 is 11.9 Å². The van der Waals surface area contributed by atoms with Crippen LogP contribution in [0.5, 0.6) is 5.88 Å². The van der Waals surface area contributed by atoms with Gasteiger partial charge in [-0.3, -0.25) is 0 Å². The molecule has 0 radical (unpaired) electrons. The lowest BCUT2D eigenvalue weighted by Gasteiger charge is -2.13. The van der Waals surface area contributed by atoms with Crippen LogP contribution in [-0.4, -0.2) is 34.9 Å². The van der Waals surface area contributed by atoms with Crippen LogP contribution in [-0.2, 0) is 25.7 Å². The summed E-state index contributed by atoms with van der Waals surface area (Å²) in [4.78, 5) is 24.1. The number of hydrazine groups is 1. The molecule has 0 saturated carbocycles. The van der Waals surface area contributed by atoms with Gasteiger partial charge in [0, 0.05) is 29.0 Å². The number of nitrogens with one attached hydrogen (secondary N) is 2. The summed E-state index contributed by atoms with van der Waals surface area (Å²) in [6.07, 6.45) is 3.00. The van der Waals surface area contributed by atoms with Crippen molar-refractivity contribution in [3.8, 4) is 11.6 Å². The molecule has 34 heavy (non-hydrogen) atoms. The summed E-state index contributed by atoms with van der Waals surface area (Å²) in [5, 5.41) is 5.07. The first-order valence-corrected chi connectivity index (χ1v) is 11.0. The van der Waals surface area contributed by atoms with Crippen LogP contribution in [0.25, 0.3) is 5.69 Å². The number of hydrogen-bond donors (Lipinski definition) is 2. The first-order chi connectivity index (χ1) is 16.5. The normalized spacial score (nSPS) is 10.2. The van der Waals surface area contributed by atoms with Crippen LogP contribution in [0, 0.1) is 0 Å². The van der Waals surface area contributed by atoms with E-state index in [-0.39, 0.29) is 25.4 Å². The summed E-state index contributed by atoms with van der Waals surface area (Å²) in [6.45, 7) is 3.81. The van der Waals surface area contributed by atoms with Gasteiger partial charge in [0.1, 0.15) is 6.61 Å². The first kappa shape index (κ1) is 24.7. The smallest absolute Gasteiger partial charge is 0.347 e. The predicted octanol–water partition coefficient (Wildman–Crippen LogP) is 4.03. The molecule has 0 spiro atoms. The fraction of sp³-hybridized carbons (Fsp3) is 0.208. The molecular formula is C24H25ClN4O5. The Labute approximate surface area is 202 Å². The van der Waals surface area contributed by atoms with E-state index in [1.165, 1.54) is 6.20 Å². The van der Waals surface area contributed by atoms with Crippen molar-refractivity contribution in [3.05, 3.63) is 83.2 Å². The Morgan fingerprint density at radius 3 is 2.35 bits per heavy atom. The Kier molecular flexibility index (Phi) is 8.93. The average Bonchev–Trinajstić information content (AvgIpc) is 3.31. The summed E-state index contributed by atoms with van der Waals surface area (Å²) in [6, 6.07) is 16.5. The third kappa shape index (κ3) is 6.76. The average molecular weight is 485 g/mol. The van der Waals surface area contributed by atoms with E-state index in [0.717, 1.165) is 11.3 Å². The maximum atomic E-state index is 12.1. The third-order valence-electron chi connectivity index (χ3n) is 4.46. The fourth-order valence-electron chi connectivity index (χ4n) is 2.85. The lowest BCUT2D eigenvalue weighted by atomic mass is 10.2. The van der Waals surface area contributed by atoms with Gasteiger partial charge in [0.15, 0.2) is 5.57 Å². The minimum Gasteiger partial charge on any atom is -0.472 e. The zero-order valence-corrected chi connectivity index (χ0v) is 19.5. The number of ether oxygens (including phenoxy) is 3. The predicted molar refractivity (Wildman–Crippen MR) is 127 cm³/mol. The number of anilines is 1. The number of carbonyl (C=O) groups excluding carboxylic acids is 2. The highest BCUT2D eigenvalue weighted by Crippen LogP contribution is 2.19. The molecule has 0 aliphatic heterocycles. The van der Waals surface area contributed by atoms with Gasteiger partial charge in [-0.15, -0.1) is 5.10 Å². The van der Waals surface area contributed by atoms with Crippen LogP contribution in [0.15, 0.2) is 72.6 Å². The number of halogens is 1. The molecule has 1 aromatic heterocycles. The molecule has 2 aromatic carbocycles. The molecule has 0 aliphatic rings. The highest BCUT2D eigenvalue weighted by atomic mass is 35.5. The topological polar surface area (TPSA) is 104 Å². The van der Waals surface area contributed by atoms with Crippen molar-refractivity contribution in [1.82, 2.24) is 15.2 Å². The lowest BCUT2D eigenvalue weighted by Crippen LogP contribution is -2.24. The fourth-order valence-corrected chi connectivity index (χ4v) is 2.97. The molecule has 3 rings (SSSR count). The van der Waals surface area contributed by atoms with Crippen LogP contribution in [0.3, 0.4) is 0 Å². The van der Waals surface area contributed by atoms with Crippen molar-refractivity contribution in [2.75, 3.05) is 18.6 Å². The lowest BCUT2D eigenvalue weighted by molar-refractivity contribution is -0.146. The SMILES string of the molecule is CCOC(=O)C(=CNNc1ccccc1COc1ccn(-c2ccc(Cl)cc2)n1)C(=O)OCC. The number of esters is 2. The maximum absolute atomic E-state index is 12.1. The number of nitrogens with zero attached hydrogens (tertiary/aromatic N) is 2.